The third-order valence-electron chi connectivity index (χ3n) is 8.94. The van der Waals surface area contributed by atoms with E-state index in [9.17, 15) is 31.9 Å². The quantitative estimate of drug-likeness (QED) is 0.241. The molecule has 2 fully saturated rings. The van der Waals surface area contributed by atoms with Crippen molar-refractivity contribution < 1.29 is 41.8 Å². The predicted molar refractivity (Wildman–Crippen MR) is 169 cm³/mol. The predicted octanol–water partition coefficient (Wildman–Crippen LogP) is 5.26. The molecule has 2 aromatic heterocycles. The fraction of sp³-hybridized carbons (Fsp3) is 0.364. The Balaban J connectivity index is 1.13. The van der Waals surface area contributed by atoms with Crippen molar-refractivity contribution in [2.75, 3.05) is 44.6 Å². The number of likely N-dealkylation sites (tertiary alicyclic amines) is 1. The monoisotopic (exact) mass is 683 g/mol. The molecule has 0 bridgehead atoms. The lowest BCUT2D eigenvalue weighted by molar-refractivity contribution is -0.138. The van der Waals surface area contributed by atoms with Crippen molar-refractivity contribution in [3.8, 4) is 17.0 Å². The number of fused-ring (bicyclic) bond motifs is 1. The summed E-state index contributed by atoms with van der Waals surface area (Å²) in [4.78, 5) is 51.3. The second-order valence-corrected chi connectivity index (χ2v) is 11.7. The Morgan fingerprint density at radius 2 is 1.67 bits per heavy atom. The molecule has 4 heterocycles. The number of nitrogens with zero attached hydrogens (tertiary/aromatic N) is 6. The number of amides is 3. The molecule has 4 aromatic rings. The zero-order chi connectivity index (χ0) is 34.8. The molecule has 12 nitrogen and oxygen atoms in total. The van der Waals surface area contributed by atoms with Gasteiger partial charge < -0.3 is 29.9 Å². The minimum atomic E-state index is -3.31. The minimum Gasteiger partial charge on any atom is -0.465 e. The zero-order valence-electron chi connectivity index (χ0n) is 26.4. The van der Waals surface area contributed by atoms with Crippen LogP contribution in [0.2, 0.25) is 0 Å². The summed E-state index contributed by atoms with van der Waals surface area (Å²) in [6, 6.07) is 7.32. The summed E-state index contributed by atoms with van der Waals surface area (Å²) in [7, 11) is 0. The maximum Gasteiger partial charge on any atom is 0.407 e. The van der Waals surface area contributed by atoms with Crippen LogP contribution in [0.5, 0.6) is 5.75 Å². The van der Waals surface area contributed by atoms with Crippen molar-refractivity contribution in [3.63, 3.8) is 0 Å². The van der Waals surface area contributed by atoms with Gasteiger partial charge in [0, 0.05) is 74.4 Å². The number of carboxylic acid groups (broad SMARTS) is 1. The number of piperidine rings is 1. The van der Waals surface area contributed by atoms with Crippen LogP contribution in [0.4, 0.5) is 33.9 Å². The van der Waals surface area contributed by atoms with Gasteiger partial charge in [0.25, 0.3) is 5.91 Å². The van der Waals surface area contributed by atoms with Crippen LogP contribution in [0.25, 0.3) is 16.9 Å². The Bertz CT molecular complexity index is 1890. The first kappa shape index (κ1) is 33.5. The highest BCUT2D eigenvalue weighted by atomic mass is 19.3. The molecule has 2 N–H and O–H groups in total. The van der Waals surface area contributed by atoms with E-state index in [2.05, 4.69) is 20.0 Å². The van der Waals surface area contributed by atoms with Gasteiger partial charge in [0.05, 0.1) is 11.9 Å². The molecule has 16 heteroatoms. The van der Waals surface area contributed by atoms with E-state index in [1.54, 1.807) is 21.9 Å². The summed E-state index contributed by atoms with van der Waals surface area (Å²) < 4.78 is 60.0. The third kappa shape index (κ3) is 6.80. The number of hydrogen-bond acceptors (Lipinski definition) is 7. The van der Waals surface area contributed by atoms with Crippen molar-refractivity contribution in [2.24, 2.45) is 5.92 Å². The molecule has 0 saturated carbocycles. The number of carbonyl (C=O) groups is 3. The minimum absolute atomic E-state index is 0.00436. The number of benzene rings is 2. The first-order valence-electron chi connectivity index (χ1n) is 15.8. The zero-order valence-corrected chi connectivity index (χ0v) is 26.4. The topological polar surface area (TPSA) is 133 Å². The van der Waals surface area contributed by atoms with E-state index >= 15 is 0 Å². The molecule has 2 aliphatic heterocycles. The molecule has 0 atom stereocenters. The fourth-order valence-corrected chi connectivity index (χ4v) is 6.31. The van der Waals surface area contributed by atoms with E-state index in [0.717, 1.165) is 17.7 Å². The average Bonchev–Trinajstić information content (AvgIpc) is 3.54. The van der Waals surface area contributed by atoms with Crippen molar-refractivity contribution >= 4 is 35.1 Å². The number of aryl methyl sites for hydroxylation is 1. The summed E-state index contributed by atoms with van der Waals surface area (Å²) in [5, 5.41) is 12.3. The summed E-state index contributed by atoms with van der Waals surface area (Å²) in [5.41, 5.74) is 2.15. The summed E-state index contributed by atoms with van der Waals surface area (Å²) in [6.45, 7) is 0.770. The first-order valence-corrected chi connectivity index (χ1v) is 15.8. The van der Waals surface area contributed by atoms with Gasteiger partial charge in [-0.25, -0.2) is 19.2 Å². The molecule has 49 heavy (non-hydrogen) atoms. The number of imidazole rings is 1. The Morgan fingerprint density at radius 3 is 2.35 bits per heavy atom. The highest BCUT2D eigenvalue weighted by Gasteiger charge is 2.33. The number of nitrogens with one attached hydrogen (secondary N) is 1. The van der Waals surface area contributed by atoms with Crippen molar-refractivity contribution in [2.45, 2.75) is 32.8 Å². The Hall–Kier alpha value is -5.41. The summed E-state index contributed by atoms with van der Waals surface area (Å²) in [6.07, 6.45) is 4.86. The number of hydrogen-bond donors (Lipinski definition) is 2. The first-order chi connectivity index (χ1) is 23.5. The summed E-state index contributed by atoms with van der Waals surface area (Å²) >= 11 is 0. The molecule has 2 aromatic carbocycles. The highest BCUT2D eigenvalue weighted by molar-refractivity contribution is 5.96. The molecule has 6 rings (SSSR count). The van der Waals surface area contributed by atoms with E-state index in [1.165, 1.54) is 27.9 Å². The molecule has 0 unspecified atom stereocenters. The summed E-state index contributed by atoms with van der Waals surface area (Å²) in [5.74, 6) is -3.88. The van der Waals surface area contributed by atoms with Crippen LogP contribution in [0.15, 0.2) is 48.9 Å². The average molecular weight is 684 g/mol. The Labute approximate surface area is 277 Å². The van der Waals surface area contributed by atoms with E-state index in [0.29, 0.717) is 62.5 Å². The van der Waals surface area contributed by atoms with Gasteiger partial charge >= 0.3 is 12.7 Å². The highest BCUT2D eigenvalue weighted by Crippen LogP contribution is 2.33. The molecular formula is C33H33F4N7O5. The molecule has 2 aliphatic rings. The lowest BCUT2D eigenvalue weighted by Gasteiger charge is -2.38. The van der Waals surface area contributed by atoms with Gasteiger partial charge in [-0.05, 0) is 55.2 Å². The number of anilines is 2. The van der Waals surface area contributed by atoms with Crippen molar-refractivity contribution in [1.82, 2.24) is 29.1 Å². The Kier molecular flexibility index (Phi) is 9.56. The van der Waals surface area contributed by atoms with Gasteiger partial charge in [-0.15, -0.1) is 0 Å². The molecule has 0 spiro atoms. The largest absolute Gasteiger partial charge is 0.465 e. The van der Waals surface area contributed by atoms with Crippen LogP contribution in [-0.4, -0.2) is 98.0 Å². The molecule has 2 saturated heterocycles. The molecule has 3 amide bonds. The van der Waals surface area contributed by atoms with Gasteiger partial charge in [0.15, 0.2) is 23.0 Å². The van der Waals surface area contributed by atoms with Crippen molar-refractivity contribution in [3.05, 3.63) is 71.7 Å². The molecular weight excluding hydrogens is 650 g/mol. The number of halogens is 4. The van der Waals surface area contributed by atoms with E-state index < -0.39 is 30.1 Å². The van der Waals surface area contributed by atoms with E-state index in [4.69, 9.17) is 5.11 Å². The van der Waals surface area contributed by atoms with Gasteiger partial charge in [-0.2, -0.15) is 13.2 Å². The standard InChI is InChI=1S/C33H33F4N7O5/c1-2-19-17-21(3-4-22(19)31(46)41-10-7-20(8-11-41)30(45)42-13-15-43(16-14-42)33(47)48)40-28-29-39-18-24(44(29)12-9-38-28)23-5-6-25(49-32(36)37)27(35)26(23)34/h3-6,9,12,17-18,20,32H,2,7-8,10-11,13-16H2,1H3,(H,38,40)(H,47,48). The molecule has 0 radical (unpaired) electrons. The third-order valence-corrected chi connectivity index (χ3v) is 8.94. The normalized spacial score (nSPS) is 15.6. The number of aromatic nitrogens is 3. The lowest BCUT2D eigenvalue weighted by atomic mass is 9.94. The molecule has 0 aliphatic carbocycles. The van der Waals surface area contributed by atoms with Gasteiger partial charge in [-0.1, -0.05) is 6.92 Å². The van der Waals surface area contributed by atoms with Crippen LogP contribution in [0.3, 0.4) is 0 Å². The second kappa shape index (κ2) is 14.0. The number of carbonyl (C=O) groups excluding carboxylic acids is 2. The Morgan fingerprint density at radius 1 is 0.959 bits per heavy atom. The van der Waals surface area contributed by atoms with Gasteiger partial charge in [0.1, 0.15) is 0 Å². The number of piperazine rings is 1. The van der Waals surface area contributed by atoms with Gasteiger partial charge in [-0.3, -0.25) is 14.0 Å². The van der Waals surface area contributed by atoms with Crippen LogP contribution in [-0.2, 0) is 11.2 Å². The van der Waals surface area contributed by atoms with Gasteiger partial charge in [0.2, 0.25) is 11.7 Å². The van der Waals surface area contributed by atoms with Crippen LogP contribution < -0.4 is 10.1 Å². The van der Waals surface area contributed by atoms with E-state index in [-0.39, 0.29) is 47.7 Å². The molecule has 258 valence electrons. The number of alkyl halides is 2. The fourth-order valence-electron chi connectivity index (χ4n) is 6.31. The van der Waals surface area contributed by atoms with E-state index in [1.807, 2.05) is 13.0 Å². The van der Waals surface area contributed by atoms with Crippen LogP contribution in [0, 0.1) is 17.6 Å². The maximum atomic E-state index is 14.9. The number of rotatable bonds is 8. The van der Waals surface area contributed by atoms with Crippen LogP contribution >= 0.6 is 0 Å². The maximum absolute atomic E-state index is 14.9. The number of ether oxygens (including phenoxy) is 1. The van der Waals surface area contributed by atoms with Crippen molar-refractivity contribution in [1.29, 1.82) is 0 Å². The lowest BCUT2D eigenvalue weighted by Crippen LogP contribution is -2.53. The van der Waals surface area contributed by atoms with Crippen LogP contribution in [0.1, 0.15) is 35.7 Å². The second-order valence-electron chi connectivity index (χ2n) is 11.7. The SMILES string of the molecule is CCc1cc(Nc2nccn3c(-c4ccc(OC(F)F)c(F)c4F)cnc23)ccc1C(=O)N1CCC(C(=O)N2CCN(C(=O)O)CC2)CC1. The smallest absolute Gasteiger partial charge is 0.407 e.